The summed E-state index contributed by atoms with van der Waals surface area (Å²) in [7, 11) is 0. The molecule has 1 amide bonds. The van der Waals surface area contributed by atoms with Gasteiger partial charge >= 0.3 is 0 Å². The summed E-state index contributed by atoms with van der Waals surface area (Å²) in [5.41, 5.74) is 0.444. The van der Waals surface area contributed by atoms with Gasteiger partial charge in [-0.15, -0.1) is 0 Å². The second kappa shape index (κ2) is 7.09. The fourth-order valence-electron chi connectivity index (χ4n) is 1.86. The van der Waals surface area contributed by atoms with E-state index in [2.05, 4.69) is 5.32 Å². The van der Waals surface area contributed by atoms with Crippen molar-refractivity contribution in [2.24, 2.45) is 0 Å². The first kappa shape index (κ1) is 15.4. The molecule has 4 nitrogen and oxygen atoms in total. The van der Waals surface area contributed by atoms with Gasteiger partial charge in [0.05, 0.1) is 6.04 Å². The maximum atomic E-state index is 13.1. The average molecular weight is 268 g/mol. The number of nitrogens with one attached hydrogen (secondary N) is 1. The fraction of sp³-hybridized carbons (Fsp3) is 0.500. The number of aromatic hydroxyl groups is 1. The lowest BCUT2D eigenvalue weighted by atomic mass is 10.1. The van der Waals surface area contributed by atoms with Crippen LogP contribution >= 0.6 is 0 Å². The number of hydrogen-bond donors (Lipinski definition) is 2. The molecule has 0 aliphatic carbocycles. The van der Waals surface area contributed by atoms with Crippen LogP contribution < -0.4 is 5.32 Å². The Morgan fingerprint density at radius 1 is 1.42 bits per heavy atom. The maximum absolute atomic E-state index is 13.1. The van der Waals surface area contributed by atoms with E-state index in [1.165, 1.54) is 18.2 Å². The number of nitrogens with zero attached hydrogens (tertiary/aromatic N) is 1. The molecule has 0 aliphatic heterocycles. The molecule has 1 aromatic rings. The molecular formula is C14H21FN2O2. The van der Waals surface area contributed by atoms with Crippen LogP contribution in [0.2, 0.25) is 0 Å². The third kappa shape index (κ3) is 4.21. The first-order valence-corrected chi connectivity index (χ1v) is 6.49. The van der Waals surface area contributed by atoms with E-state index in [0.717, 1.165) is 0 Å². The molecule has 0 saturated carbocycles. The molecule has 1 atom stereocenters. The summed E-state index contributed by atoms with van der Waals surface area (Å²) in [6.45, 7) is 7.17. The van der Waals surface area contributed by atoms with E-state index in [-0.39, 0.29) is 24.2 Å². The SMILES string of the molecule is CCN(CC)C(=O)C(C)NCc1cc(F)ccc1O. The van der Waals surface area contributed by atoms with E-state index < -0.39 is 5.82 Å². The van der Waals surface area contributed by atoms with Gasteiger partial charge in [-0.05, 0) is 39.0 Å². The number of likely N-dealkylation sites (N-methyl/N-ethyl adjacent to an activating group) is 1. The van der Waals surface area contributed by atoms with Gasteiger partial charge in [0.2, 0.25) is 5.91 Å². The molecule has 1 rings (SSSR count). The zero-order chi connectivity index (χ0) is 14.4. The van der Waals surface area contributed by atoms with E-state index >= 15 is 0 Å². The van der Waals surface area contributed by atoms with Gasteiger partial charge in [-0.25, -0.2) is 4.39 Å². The van der Waals surface area contributed by atoms with Gasteiger partial charge in [-0.1, -0.05) is 0 Å². The van der Waals surface area contributed by atoms with E-state index in [0.29, 0.717) is 18.7 Å². The van der Waals surface area contributed by atoms with Crippen molar-refractivity contribution in [2.75, 3.05) is 13.1 Å². The molecule has 0 radical (unpaired) electrons. The largest absolute Gasteiger partial charge is 0.508 e. The molecule has 0 heterocycles. The summed E-state index contributed by atoms with van der Waals surface area (Å²) in [4.78, 5) is 13.7. The standard InChI is InChI=1S/C14H21FN2O2/c1-4-17(5-2)14(19)10(3)16-9-11-8-12(15)6-7-13(11)18/h6-8,10,16,18H,4-5,9H2,1-3H3. The van der Waals surface area contributed by atoms with Gasteiger partial charge in [-0.3, -0.25) is 4.79 Å². The Morgan fingerprint density at radius 3 is 2.63 bits per heavy atom. The van der Waals surface area contributed by atoms with E-state index in [1.807, 2.05) is 13.8 Å². The molecule has 2 N–H and O–H groups in total. The fourth-order valence-corrected chi connectivity index (χ4v) is 1.86. The van der Waals surface area contributed by atoms with E-state index in [4.69, 9.17) is 0 Å². The lowest BCUT2D eigenvalue weighted by molar-refractivity contribution is -0.132. The molecule has 0 spiro atoms. The number of rotatable bonds is 6. The van der Waals surface area contributed by atoms with Crippen molar-refractivity contribution in [1.82, 2.24) is 10.2 Å². The zero-order valence-electron chi connectivity index (χ0n) is 11.6. The molecule has 0 fully saturated rings. The minimum absolute atomic E-state index is 0.000827. The Balaban J connectivity index is 2.61. The second-order valence-electron chi connectivity index (χ2n) is 4.39. The van der Waals surface area contributed by atoms with Crippen LogP contribution in [-0.2, 0) is 11.3 Å². The van der Waals surface area contributed by atoms with Gasteiger partial charge in [0, 0.05) is 25.2 Å². The number of carbonyl (C=O) groups is 1. The van der Waals surface area contributed by atoms with Gasteiger partial charge in [0.15, 0.2) is 0 Å². The van der Waals surface area contributed by atoms with Gasteiger partial charge < -0.3 is 15.3 Å². The van der Waals surface area contributed by atoms with Crippen LogP contribution in [0.25, 0.3) is 0 Å². The second-order valence-corrected chi connectivity index (χ2v) is 4.39. The average Bonchev–Trinajstić information content (AvgIpc) is 2.40. The van der Waals surface area contributed by atoms with Crippen molar-refractivity contribution in [2.45, 2.75) is 33.4 Å². The Kier molecular flexibility index (Phi) is 5.76. The zero-order valence-corrected chi connectivity index (χ0v) is 11.6. The predicted molar refractivity (Wildman–Crippen MR) is 72.3 cm³/mol. The quantitative estimate of drug-likeness (QED) is 0.828. The van der Waals surface area contributed by atoms with Crippen LogP contribution in [0.1, 0.15) is 26.3 Å². The number of amides is 1. The van der Waals surface area contributed by atoms with Gasteiger partial charge in [-0.2, -0.15) is 0 Å². The summed E-state index contributed by atoms with van der Waals surface area (Å²) < 4.78 is 13.1. The highest BCUT2D eigenvalue weighted by Crippen LogP contribution is 2.17. The summed E-state index contributed by atoms with van der Waals surface area (Å²) in [6.07, 6.45) is 0. The van der Waals surface area contributed by atoms with Crippen molar-refractivity contribution in [3.8, 4) is 5.75 Å². The maximum Gasteiger partial charge on any atom is 0.239 e. The minimum Gasteiger partial charge on any atom is -0.508 e. The summed E-state index contributed by atoms with van der Waals surface area (Å²) in [6, 6.07) is 3.39. The summed E-state index contributed by atoms with van der Waals surface area (Å²) in [5.74, 6) is -0.380. The van der Waals surface area contributed by atoms with Crippen LogP contribution in [-0.4, -0.2) is 35.0 Å². The van der Waals surface area contributed by atoms with Gasteiger partial charge in [0.25, 0.3) is 0 Å². The third-order valence-electron chi connectivity index (χ3n) is 3.09. The molecule has 1 unspecified atom stereocenters. The molecule has 19 heavy (non-hydrogen) atoms. The topological polar surface area (TPSA) is 52.6 Å². The molecule has 0 saturated heterocycles. The monoisotopic (exact) mass is 268 g/mol. The number of benzene rings is 1. The van der Waals surface area contributed by atoms with Crippen molar-refractivity contribution in [3.05, 3.63) is 29.6 Å². The van der Waals surface area contributed by atoms with Crippen LogP contribution in [0.4, 0.5) is 4.39 Å². The number of halogens is 1. The summed E-state index contributed by atoms with van der Waals surface area (Å²) >= 11 is 0. The lowest BCUT2D eigenvalue weighted by Crippen LogP contribution is -2.44. The molecule has 5 heteroatoms. The highest BCUT2D eigenvalue weighted by Gasteiger charge is 2.17. The molecular weight excluding hydrogens is 247 g/mol. The molecule has 1 aromatic carbocycles. The highest BCUT2D eigenvalue weighted by atomic mass is 19.1. The normalized spacial score (nSPS) is 12.2. The number of hydrogen-bond acceptors (Lipinski definition) is 3. The van der Waals surface area contributed by atoms with E-state index in [1.54, 1.807) is 11.8 Å². The highest BCUT2D eigenvalue weighted by molar-refractivity contribution is 5.81. The van der Waals surface area contributed by atoms with Crippen molar-refractivity contribution in [1.29, 1.82) is 0 Å². The Morgan fingerprint density at radius 2 is 2.05 bits per heavy atom. The van der Waals surface area contributed by atoms with Gasteiger partial charge in [0.1, 0.15) is 11.6 Å². The Bertz CT molecular complexity index is 433. The Labute approximate surface area is 113 Å². The number of phenolic OH excluding ortho intramolecular Hbond substituents is 1. The number of carbonyl (C=O) groups excluding carboxylic acids is 1. The van der Waals surface area contributed by atoms with Crippen molar-refractivity contribution >= 4 is 5.91 Å². The molecule has 106 valence electrons. The van der Waals surface area contributed by atoms with Crippen LogP contribution in [0.5, 0.6) is 5.75 Å². The molecule has 0 aliphatic rings. The predicted octanol–water partition coefficient (Wildman–Crippen LogP) is 1.88. The molecule has 0 bridgehead atoms. The van der Waals surface area contributed by atoms with Crippen LogP contribution in [0.15, 0.2) is 18.2 Å². The first-order chi connectivity index (χ1) is 8.99. The number of phenols is 1. The smallest absolute Gasteiger partial charge is 0.239 e. The van der Waals surface area contributed by atoms with Crippen LogP contribution in [0.3, 0.4) is 0 Å². The lowest BCUT2D eigenvalue weighted by Gasteiger charge is -2.23. The molecule has 0 aromatic heterocycles. The van der Waals surface area contributed by atoms with Crippen molar-refractivity contribution in [3.63, 3.8) is 0 Å². The van der Waals surface area contributed by atoms with Crippen molar-refractivity contribution < 1.29 is 14.3 Å². The Hall–Kier alpha value is -1.62. The van der Waals surface area contributed by atoms with Crippen LogP contribution in [0, 0.1) is 5.82 Å². The first-order valence-electron chi connectivity index (χ1n) is 6.49. The summed E-state index contributed by atoms with van der Waals surface area (Å²) in [5, 5.41) is 12.6. The van der Waals surface area contributed by atoms with E-state index in [9.17, 15) is 14.3 Å². The third-order valence-corrected chi connectivity index (χ3v) is 3.09. The minimum atomic E-state index is -0.405.